The predicted molar refractivity (Wildman–Crippen MR) is 103 cm³/mol. The second-order valence-electron chi connectivity index (χ2n) is 6.13. The Kier molecular flexibility index (Phi) is 6.36. The fourth-order valence-corrected chi connectivity index (χ4v) is 2.31. The van der Waals surface area contributed by atoms with Crippen LogP contribution in [0.3, 0.4) is 0 Å². The Bertz CT molecular complexity index is 775. The minimum Gasteiger partial charge on any atom is -0.506 e. The highest BCUT2D eigenvalue weighted by atomic mass is 32.1. The predicted octanol–water partition coefficient (Wildman–Crippen LogP) is 3.86. The fourth-order valence-electron chi connectivity index (χ4n) is 2.11. The summed E-state index contributed by atoms with van der Waals surface area (Å²) in [5.74, 6) is 0.546. The number of hydrogen-bond donors (Lipinski definition) is 3. The van der Waals surface area contributed by atoms with Crippen LogP contribution in [-0.4, -0.2) is 22.7 Å². The first-order chi connectivity index (χ1) is 11.9. The van der Waals surface area contributed by atoms with Gasteiger partial charge in [0.15, 0.2) is 5.11 Å². The highest BCUT2D eigenvalue weighted by Gasteiger charge is 2.14. The van der Waals surface area contributed by atoms with Crippen molar-refractivity contribution in [2.45, 2.75) is 20.8 Å². The lowest BCUT2D eigenvalue weighted by Crippen LogP contribution is -2.34. The maximum atomic E-state index is 12.5. The van der Waals surface area contributed by atoms with Gasteiger partial charge in [-0.15, -0.1) is 0 Å². The SMILES string of the molecule is Cc1ccc(O)c(NC(=S)NC(=O)c2ccccc2OCC(C)C)c1. The Morgan fingerprint density at radius 3 is 2.68 bits per heavy atom. The topological polar surface area (TPSA) is 70.6 Å². The summed E-state index contributed by atoms with van der Waals surface area (Å²) in [4.78, 5) is 12.5. The molecule has 0 fully saturated rings. The average molecular weight is 358 g/mol. The van der Waals surface area contributed by atoms with Crippen LogP contribution in [0, 0.1) is 12.8 Å². The smallest absolute Gasteiger partial charge is 0.261 e. The first-order valence-electron chi connectivity index (χ1n) is 8.00. The van der Waals surface area contributed by atoms with Gasteiger partial charge in [-0.1, -0.05) is 32.0 Å². The number of para-hydroxylation sites is 1. The number of hydrogen-bond acceptors (Lipinski definition) is 4. The molecule has 1 amide bonds. The van der Waals surface area contributed by atoms with Crippen LogP contribution < -0.4 is 15.4 Å². The van der Waals surface area contributed by atoms with E-state index in [1.807, 2.05) is 26.8 Å². The number of carbonyl (C=O) groups is 1. The zero-order valence-electron chi connectivity index (χ0n) is 14.5. The number of anilines is 1. The molecule has 0 spiro atoms. The molecule has 0 saturated heterocycles. The number of benzene rings is 2. The van der Waals surface area contributed by atoms with Crippen LogP contribution in [0.2, 0.25) is 0 Å². The van der Waals surface area contributed by atoms with Crippen molar-refractivity contribution in [2.24, 2.45) is 5.92 Å². The maximum absolute atomic E-state index is 12.5. The van der Waals surface area contributed by atoms with Gasteiger partial charge in [0.05, 0.1) is 17.9 Å². The van der Waals surface area contributed by atoms with E-state index in [0.717, 1.165) is 5.56 Å². The third-order valence-electron chi connectivity index (χ3n) is 3.33. The highest BCUT2D eigenvalue weighted by molar-refractivity contribution is 7.80. The van der Waals surface area contributed by atoms with Crippen molar-refractivity contribution < 1.29 is 14.6 Å². The van der Waals surface area contributed by atoms with Gasteiger partial charge in [-0.25, -0.2) is 0 Å². The number of phenolic OH excluding ortho intramolecular Hbond substituents is 1. The molecule has 3 N–H and O–H groups in total. The molecule has 0 heterocycles. The van der Waals surface area contributed by atoms with E-state index in [1.165, 1.54) is 0 Å². The van der Waals surface area contributed by atoms with Gasteiger partial charge >= 0.3 is 0 Å². The highest BCUT2D eigenvalue weighted by Crippen LogP contribution is 2.24. The van der Waals surface area contributed by atoms with E-state index < -0.39 is 0 Å². The van der Waals surface area contributed by atoms with Crippen molar-refractivity contribution in [1.82, 2.24) is 5.32 Å². The minimum atomic E-state index is -0.371. The molecule has 2 aromatic carbocycles. The van der Waals surface area contributed by atoms with Crippen molar-refractivity contribution in [2.75, 3.05) is 11.9 Å². The average Bonchev–Trinajstić information content (AvgIpc) is 2.56. The monoisotopic (exact) mass is 358 g/mol. The normalized spacial score (nSPS) is 10.4. The number of amides is 1. The Labute approximate surface area is 153 Å². The van der Waals surface area contributed by atoms with Crippen molar-refractivity contribution in [1.29, 1.82) is 0 Å². The number of carbonyl (C=O) groups excluding carboxylic acids is 1. The van der Waals surface area contributed by atoms with E-state index in [2.05, 4.69) is 10.6 Å². The molecule has 5 nitrogen and oxygen atoms in total. The van der Waals surface area contributed by atoms with E-state index in [-0.39, 0.29) is 16.8 Å². The molecule has 0 saturated carbocycles. The molecule has 0 aliphatic carbocycles. The summed E-state index contributed by atoms with van der Waals surface area (Å²) >= 11 is 5.17. The fraction of sp³-hybridized carbons (Fsp3) is 0.263. The summed E-state index contributed by atoms with van der Waals surface area (Å²) in [6.07, 6.45) is 0. The second-order valence-corrected chi connectivity index (χ2v) is 6.54. The molecule has 0 aliphatic heterocycles. The van der Waals surface area contributed by atoms with Crippen molar-refractivity contribution in [3.63, 3.8) is 0 Å². The third kappa shape index (κ3) is 5.46. The first kappa shape index (κ1) is 18.7. The lowest BCUT2D eigenvalue weighted by molar-refractivity contribution is 0.0973. The van der Waals surface area contributed by atoms with Gasteiger partial charge in [0, 0.05) is 0 Å². The molecule has 0 aromatic heterocycles. The number of thiocarbonyl (C=S) groups is 1. The van der Waals surface area contributed by atoms with Crippen molar-refractivity contribution in [3.8, 4) is 11.5 Å². The molecule has 6 heteroatoms. The molecule has 0 aliphatic rings. The van der Waals surface area contributed by atoms with Gasteiger partial charge in [-0.2, -0.15) is 0 Å². The first-order valence-corrected chi connectivity index (χ1v) is 8.41. The van der Waals surface area contributed by atoms with Gasteiger partial charge in [0.1, 0.15) is 11.5 Å². The molecular formula is C19H22N2O3S. The molecule has 0 atom stereocenters. The number of nitrogens with one attached hydrogen (secondary N) is 2. The lowest BCUT2D eigenvalue weighted by atomic mass is 10.2. The molecule has 2 aromatic rings. The molecular weight excluding hydrogens is 336 g/mol. The number of ether oxygens (including phenoxy) is 1. The molecule has 0 radical (unpaired) electrons. The molecule has 25 heavy (non-hydrogen) atoms. The summed E-state index contributed by atoms with van der Waals surface area (Å²) in [6.45, 7) is 6.49. The van der Waals surface area contributed by atoms with Crippen LogP contribution in [0.4, 0.5) is 5.69 Å². The van der Waals surface area contributed by atoms with E-state index >= 15 is 0 Å². The van der Waals surface area contributed by atoms with Crippen LogP contribution in [0.15, 0.2) is 42.5 Å². The quantitative estimate of drug-likeness (QED) is 0.559. The molecule has 2 rings (SSSR count). The van der Waals surface area contributed by atoms with E-state index in [9.17, 15) is 9.90 Å². The zero-order valence-corrected chi connectivity index (χ0v) is 15.3. The Balaban J connectivity index is 2.06. The molecule has 0 unspecified atom stereocenters. The minimum absolute atomic E-state index is 0.0582. The number of phenols is 1. The summed E-state index contributed by atoms with van der Waals surface area (Å²) in [5.41, 5.74) is 1.80. The van der Waals surface area contributed by atoms with Gasteiger partial charge in [-0.05, 0) is 54.9 Å². The van der Waals surface area contributed by atoms with Crippen molar-refractivity contribution in [3.05, 3.63) is 53.6 Å². The van der Waals surface area contributed by atoms with E-state index in [4.69, 9.17) is 17.0 Å². The zero-order chi connectivity index (χ0) is 18.4. The van der Waals surface area contributed by atoms with E-state index in [0.29, 0.717) is 29.5 Å². The van der Waals surface area contributed by atoms with Crippen LogP contribution in [-0.2, 0) is 0 Å². The number of aryl methyl sites for hydroxylation is 1. The summed E-state index contributed by atoms with van der Waals surface area (Å²) in [6, 6.07) is 12.1. The van der Waals surface area contributed by atoms with Gasteiger partial charge in [0.25, 0.3) is 5.91 Å². The molecule has 0 bridgehead atoms. The maximum Gasteiger partial charge on any atom is 0.261 e. The third-order valence-corrected chi connectivity index (χ3v) is 3.54. The molecule has 132 valence electrons. The Morgan fingerprint density at radius 1 is 1.24 bits per heavy atom. The van der Waals surface area contributed by atoms with Crippen LogP contribution in [0.1, 0.15) is 29.8 Å². The van der Waals surface area contributed by atoms with Crippen LogP contribution in [0.25, 0.3) is 0 Å². The second kappa shape index (κ2) is 8.48. The number of aromatic hydroxyl groups is 1. The standard InChI is InChI=1S/C19H22N2O3S/c1-12(2)11-24-17-7-5-4-6-14(17)18(23)21-19(25)20-15-10-13(3)8-9-16(15)22/h4-10,12,22H,11H2,1-3H3,(H2,20,21,23,25). The lowest BCUT2D eigenvalue weighted by Gasteiger charge is -2.14. The Hall–Kier alpha value is -2.60. The summed E-state index contributed by atoms with van der Waals surface area (Å²) in [7, 11) is 0. The van der Waals surface area contributed by atoms with Gasteiger partial charge in [0.2, 0.25) is 0 Å². The van der Waals surface area contributed by atoms with E-state index in [1.54, 1.807) is 36.4 Å². The van der Waals surface area contributed by atoms with Crippen LogP contribution in [0.5, 0.6) is 11.5 Å². The van der Waals surface area contributed by atoms with Crippen molar-refractivity contribution >= 4 is 28.9 Å². The summed E-state index contributed by atoms with van der Waals surface area (Å²) < 4.78 is 5.69. The number of rotatable bonds is 5. The largest absolute Gasteiger partial charge is 0.506 e. The van der Waals surface area contributed by atoms with Gasteiger partial charge < -0.3 is 15.2 Å². The Morgan fingerprint density at radius 2 is 1.96 bits per heavy atom. The summed E-state index contributed by atoms with van der Waals surface area (Å²) in [5, 5.41) is 15.4. The van der Waals surface area contributed by atoms with Gasteiger partial charge in [-0.3, -0.25) is 10.1 Å². The van der Waals surface area contributed by atoms with Crippen LogP contribution >= 0.6 is 12.2 Å².